The maximum absolute atomic E-state index is 12.8. The Hall–Kier alpha value is -2.55. The van der Waals surface area contributed by atoms with Crippen molar-refractivity contribution in [3.8, 4) is 0 Å². The minimum Gasteiger partial charge on any atom is -0.465 e. The van der Waals surface area contributed by atoms with Crippen molar-refractivity contribution < 1.29 is 52.3 Å². The van der Waals surface area contributed by atoms with E-state index in [1.807, 2.05) is 18.2 Å². The number of esters is 3. The third-order valence-electron chi connectivity index (χ3n) is 4.76. The van der Waals surface area contributed by atoms with Crippen molar-refractivity contribution in [2.24, 2.45) is 10.8 Å². The Kier molecular flexibility index (Phi) is 15.7. The van der Waals surface area contributed by atoms with Crippen LogP contribution < -0.4 is 0 Å². The van der Waals surface area contributed by atoms with Gasteiger partial charge >= 0.3 is 24.1 Å². The highest BCUT2D eigenvalue weighted by Gasteiger charge is 2.40. The van der Waals surface area contributed by atoms with Gasteiger partial charge in [-0.3, -0.25) is 14.4 Å². The van der Waals surface area contributed by atoms with Crippen molar-refractivity contribution in [1.29, 1.82) is 0 Å². The van der Waals surface area contributed by atoms with Crippen LogP contribution in [0.25, 0.3) is 0 Å². The van der Waals surface area contributed by atoms with Crippen LogP contribution in [0.5, 0.6) is 0 Å². The second-order valence-corrected chi connectivity index (χ2v) is 10.9. The van der Waals surface area contributed by atoms with E-state index in [4.69, 9.17) is 33.2 Å². The summed E-state index contributed by atoms with van der Waals surface area (Å²) in [5.41, 5.74) is -2.79. The fraction of sp³-hybridized carbons (Fsp3) is 0.625. The van der Waals surface area contributed by atoms with Crippen molar-refractivity contribution in [2.75, 3.05) is 66.2 Å². The van der Waals surface area contributed by atoms with Gasteiger partial charge in [0.2, 0.25) is 0 Å². The average Bonchev–Trinajstić information content (AvgIpc) is 2.90. The Morgan fingerprint density at radius 1 is 0.789 bits per heavy atom. The summed E-state index contributed by atoms with van der Waals surface area (Å²) < 4.78 is 35.6. The number of carbonyl (C=O) groups excluding carboxylic acids is 4. The zero-order valence-electron chi connectivity index (χ0n) is 22.2. The Labute approximate surface area is 230 Å². The third-order valence-corrected chi connectivity index (χ3v) is 6.99. The molecule has 0 fully saturated rings. The lowest BCUT2D eigenvalue weighted by atomic mass is 9.93. The Morgan fingerprint density at radius 2 is 1.39 bits per heavy atom. The lowest BCUT2D eigenvalue weighted by Gasteiger charge is -2.27. The Bertz CT molecular complexity index is 889. The molecule has 1 aromatic heterocycles. The largest absolute Gasteiger partial charge is 0.508 e. The maximum Gasteiger partial charge on any atom is 0.508 e. The molecule has 0 aliphatic heterocycles. The molecule has 0 aliphatic carbocycles. The van der Waals surface area contributed by atoms with Gasteiger partial charge in [0.05, 0.1) is 13.2 Å². The predicted octanol–water partition coefficient (Wildman–Crippen LogP) is 2.93. The van der Waals surface area contributed by atoms with Crippen LogP contribution in [0.15, 0.2) is 29.4 Å². The quantitative estimate of drug-likeness (QED) is 0.109. The first-order chi connectivity index (χ1) is 18.1. The first-order valence-corrected chi connectivity index (χ1v) is 13.8. The van der Waals surface area contributed by atoms with E-state index in [-0.39, 0.29) is 33.0 Å². The fourth-order valence-electron chi connectivity index (χ4n) is 2.61. The Balaban J connectivity index is 2.62. The summed E-state index contributed by atoms with van der Waals surface area (Å²) in [7, 11) is 5.74. The maximum atomic E-state index is 12.8. The molecule has 0 aromatic carbocycles. The van der Waals surface area contributed by atoms with E-state index in [1.165, 1.54) is 56.6 Å². The highest BCUT2D eigenvalue weighted by atomic mass is 33.1. The van der Waals surface area contributed by atoms with E-state index in [9.17, 15) is 19.2 Å². The highest BCUT2D eigenvalue weighted by molar-refractivity contribution is 8.76. The number of carbonyl (C=O) groups is 4. The van der Waals surface area contributed by atoms with Gasteiger partial charge in [-0.15, -0.1) is 0 Å². The number of rotatable bonds is 18. The lowest BCUT2D eigenvalue weighted by molar-refractivity contribution is -0.165. The number of methoxy groups -OCH3 is 2. The zero-order chi connectivity index (χ0) is 28.4. The minimum absolute atomic E-state index is 0.0238. The van der Waals surface area contributed by atoms with E-state index >= 15 is 0 Å². The van der Waals surface area contributed by atoms with Crippen molar-refractivity contribution in [3.63, 3.8) is 0 Å². The molecule has 1 aromatic rings. The molecule has 1 heterocycles. The third kappa shape index (κ3) is 12.8. The molecule has 0 saturated carbocycles. The van der Waals surface area contributed by atoms with Crippen LogP contribution in [-0.2, 0) is 47.5 Å². The van der Waals surface area contributed by atoms with Crippen LogP contribution in [0.2, 0.25) is 0 Å². The van der Waals surface area contributed by atoms with Crippen LogP contribution in [-0.4, -0.2) is 95.3 Å². The van der Waals surface area contributed by atoms with Crippen LogP contribution in [0.1, 0.15) is 20.8 Å². The van der Waals surface area contributed by atoms with Gasteiger partial charge in [0.25, 0.3) is 0 Å². The molecule has 1 rings (SSSR count). The van der Waals surface area contributed by atoms with E-state index < -0.39 is 48.1 Å². The van der Waals surface area contributed by atoms with E-state index in [1.54, 1.807) is 6.20 Å². The second kappa shape index (κ2) is 17.9. The fourth-order valence-corrected chi connectivity index (χ4v) is 4.32. The molecular formula is C24H35NO11S2. The van der Waals surface area contributed by atoms with Gasteiger partial charge in [-0.05, 0) is 36.8 Å². The van der Waals surface area contributed by atoms with Gasteiger partial charge in [0.1, 0.15) is 48.9 Å². The normalized spacial score (nSPS) is 13.9. The van der Waals surface area contributed by atoms with Crippen LogP contribution in [0, 0.1) is 10.8 Å². The van der Waals surface area contributed by atoms with Crippen LogP contribution >= 0.6 is 21.6 Å². The highest BCUT2D eigenvalue weighted by Crippen LogP contribution is 2.29. The molecule has 0 aliphatic rings. The monoisotopic (exact) mass is 577 g/mol. The molecule has 0 bridgehead atoms. The first kappa shape index (κ1) is 33.5. The molecule has 12 nitrogen and oxygen atoms in total. The summed E-state index contributed by atoms with van der Waals surface area (Å²) in [5.74, 6) is -1.51. The first-order valence-electron chi connectivity index (χ1n) is 11.5. The van der Waals surface area contributed by atoms with Crippen LogP contribution in [0.3, 0.4) is 0 Å². The lowest BCUT2D eigenvalue weighted by Crippen LogP contribution is -2.42. The van der Waals surface area contributed by atoms with E-state index in [0.29, 0.717) is 5.75 Å². The van der Waals surface area contributed by atoms with Gasteiger partial charge in [0, 0.05) is 33.1 Å². The number of ether oxygens (including phenoxy) is 7. The topological polar surface area (TPSA) is 146 Å². The molecular weight excluding hydrogens is 542 g/mol. The summed E-state index contributed by atoms with van der Waals surface area (Å²) >= 11 is 0. The zero-order valence-corrected chi connectivity index (χ0v) is 23.9. The number of pyridine rings is 1. The van der Waals surface area contributed by atoms with Gasteiger partial charge in [0.15, 0.2) is 0 Å². The van der Waals surface area contributed by atoms with E-state index in [2.05, 4.69) is 4.98 Å². The minimum atomic E-state index is -1.49. The SMILES string of the molecule is COCCOC(=O)C(C)(COC)COC(=O)OCC(C)(COC(C)=O)C(=O)OCCSSc1ccccn1. The molecule has 2 unspecified atom stereocenters. The standard InChI is InChI=1S/C24H35NO11S2/c1-18(26)34-15-24(3,21(28)33-12-13-37-38-19-8-6-7-9-25-19)17-36-22(29)35-16-23(2,14-31-5)20(27)32-11-10-30-4/h6-9H,10-17H2,1-5H3. The summed E-state index contributed by atoms with van der Waals surface area (Å²) in [5, 5.41) is 0.820. The molecule has 0 N–H and O–H groups in total. The average molecular weight is 578 g/mol. The summed E-state index contributed by atoms with van der Waals surface area (Å²) in [6.45, 7) is 3.07. The van der Waals surface area contributed by atoms with Crippen molar-refractivity contribution in [1.82, 2.24) is 4.98 Å². The molecule has 14 heteroatoms. The predicted molar refractivity (Wildman–Crippen MR) is 138 cm³/mol. The van der Waals surface area contributed by atoms with Crippen molar-refractivity contribution >= 4 is 45.7 Å². The molecule has 0 radical (unpaired) electrons. The molecule has 38 heavy (non-hydrogen) atoms. The summed E-state index contributed by atoms with van der Waals surface area (Å²) in [6, 6.07) is 5.54. The van der Waals surface area contributed by atoms with Gasteiger partial charge in [-0.2, -0.15) is 0 Å². The second-order valence-electron chi connectivity index (χ2n) is 8.50. The molecule has 0 spiro atoms. The van der Waals surface area contributed by atoms with Gasteiger partial charge < -0.3 is 33.2 Å². The smallest absolute Gasteiger partial charge is 0.465 e. The van der Waals surface area contributed by atoms with Crippen molar-refractivity contribution in [3.05, 3.63) is 24.4 Å². The number of aromatic nitrogens is 1. The molecule has 0 saturated heterocycles. The summed E-state index contributed by atoms with van der Waals surface area (Å²) in [6.07, 6.45) is 0.544. The summed E-state index contributed by atoms with van der Waals surface area (Å²) in [4.78, 5) is 53.0. The van der Waals surface area contributed by atoms with Gasteiger partial charge in [-0.1, -0.05) is 16.9 Å². The molecule has 0 amide bonds. The number of hydrogen-bond donors (Lipinski definition) is 0. The van der Waals surface area contributed by atoms with Gasteiger partial charge in [-0.25, -0.2) is 9.78 Å². The number of hydrogen-bond acceptors (Lipinski definition) is 14. The van der Waals surface area contributed by atoms with Crippen LogP contribution in [0.4, 0.5) is 4.79 Å². The molecule has 214 valence electrons. The Morgan fingerprint density at radius 3 is 1.95 bits per heavy atom. The molecule has 2 atom stereocenters. The van der Waals surface area contributed by atoms with Crippen molar-refractivity contribution in [2.45, 2.75) is 25.8 Å². The van der Waals surface area contributed by atoms with E-state index in [0.717, 1.165) is 5.03 Å². The number of nitrogens with zero attached hydrogens (tertiary/aromatic N) is 1.